The van der Waals surface area contributed by atoms with Crippen LogP contribution in [0.4, 0.5) is 0 Å². The Morgan fingerprint density at radius 1 is 0.789 bits per heavy atom. The first kappa shape index (κ1) is 22.0. The molecule has 0 radical (unpaired) electrons. The maximum absolute atomic E-state index is 2.38. The second kappa shape index (κ2) is 15.1. The molecule has 0 aliphatic carbocycles. The Hall–Kier alpha value is 0.727. The summed E-state index contributed by atoms with van der Waals surface area (Å²) >= 11 is 1.59. The van der Waals surface area contributed by atoms with Crippen molar-refractivity contribution in [3.05, 3.63) is 22.6 Å². The molecule has 0 unspecified atom stereocenters. The summed E-state index contributed by atoms with van der Waals surface area (Å²) in [5.74, 6) is 2.78. The van der Waals surface area contributed by atoms with Crippen LogP contribution >= 0.6 is 0 Å². The van der Waals surface area contributed by atoms with Gasteiger partial charge in [-0.3, -0.25) is 0 Å². The fourth-order valence-corrected chi connectivity index (χ4v) is 7.21. The third-order valence-corrected chi connectivity index (χ3v) is 7.94. The topological polar surface area (TPSA) is 0 Å². The van der Waals surface area contributed by atoms with Gasteiger partial charge in [0.2, 0.25) is 0 Å². The first-order valence-corrected chi connectivity index (χ1v) is 11.1. The molecule has 0 aromatic rings. The molecule has 109 valence electrons. The molecule has 0 fully saturated rings. The summed E-state index contributed by atoms with van der Waals surface area (Å²) in [7, 11) is 0. The molecule has 0 heterocycles. The van der Waals surface area contributed by atoms with Gasteiger partial charge in [0.15, 0.2) is 0 Å². The normalized spacial score (nSPS) is 11.6. The molecular formula is C17H34AlTi. The van der Waals surface area contributed by atoms with Crippen LogP contribution in [0.1, 0.15) is 48.5 Å². The second-order valence-corrected chi connectivity index (χ2v) is 10.3. The minimum absolute atomic E-state index is 0.407. The van der Waals surface area contributed by atoms with E-state index in [4.69, 9.17) is 0 Å². The third-order valence-electron chi connectivity index (χ3n) is 2.81. The molecule has 0 aliphatic heterocycles. The molecule has 0 saturated carbocycles. The zero-order valence-electron chi connectivity index (χ0n) is 14.2. The predicted octanol–water partition coefficient (Wildman–Crippen LogP) is 6.07. The summed E-state index contributed by atoms with van der Waals surface area (Å²) in [6.45, 7) is 16.3. The van der Waals surface area contributed by atoms with Gasteiger partial charge in [0.1, 0.15) is 0 Å². The molecule has 0 N–H and O–H groups in total. The molecule has 0 aliphatic rings. The van der Waals surface area contributed by atoms with Gasteiger partial charge in [0.25, 0.3) is 14.1 Å². The van der Waals surface area contributed by atoms with Crippen LogP contribution in [0, 0.1) is 17.8 Å². The first-order chi connectivity index (χ1) is 8.83. The average Bonchev–Trinajstić information content (AvgIpc) is 2.24. The van der Waals surface area contributed by atoms with Gasteiger partial charge in [-0.1, -0.05) is 75.1 Å². The zero-order valence-corrected chi connectivity index (χ0v) is 17.0. The van der Waals surface area contributed by atoms with Crippen LogP contribution < -0.4 is 0 Å². The standard InChI is InChI=1S/C5H7.3C4H9.Al.Ti/c1-3-5-4-2;3*1-4(2)3;;/h1,3-5H,2H3;3*4H,1H2,2-3H3;;. The van der Waals surface area contributed by atoms with Crippen LogP contribution in [0.5, 0.6) is 0 Å². The quantitative estimate of drug-likeness (QED) is 0.395. The van der Waals surface area contributed by atoms with Gasteiger partial charge in [0.05, 0.1) is 0 Å². The van der Waals surface area contributed by atoms with Crippen molar-refractivity contribution in [3.63, 3.8) is 0 Å². The van der Waals surface area contributed by atoms with Crippen LogP contribution in [0.15, 0.2) is 22.6 Å². The molecule has 0 amide bonds. The van der Waals surface area contributed by atoms with Crippen molar-refractivity contribution < 1.29 is 20.4 Å². The molecule has 19 heavy (non-hydrogen) atoms. The Labute approximate surface area is 138 Å². The number of hydrogen-bond donors (Lipinski definition) is 0. The van der Waals surface area contributed by atoms with Gasteiger partial charge in [-0.2, -0.15) is 0 Å². The number of rotatable bonds is 7. The van der Waals surface area contributed by atoms with Crippen LogP contribution in [0.3, 0.4) is 0 Å². The van der Waals surface area contributed by atoms with E-state index in [0.29, 0.717) is 0 Å². The van der Waals surface area contributed by atoms with E-state index in [1.807, 2.05) is 50.0 Å². The van der Waals surface area contributed by atoms with Crippen molar-refractivity contribution in [3.8, 4) is 0 Å². The minimum atomic E-state index is -0.407. The average molecular weight is 313 g/mol. The molecule has 0 nitrogen and oxygen atoms in total. The van der Waals surface area contributed by atoms with Crippen LogP contribution in [-0.4, -0.2) is 14.1 Å². The summed E-state index contributed by atoms with van der Waals surface area (Å²) in [4.78, 5) is 0. The Morgan fingerprint density at radius 2 is 1.16 bits per heavy atom. The third kappa shape index (κ3) is 21.2. The van der Waals surface area contributed by atoms with Crippen molar-refractivity contribution >= 4 is 14.1 Å². The fourth-order valence-electron chi connectivity index (χ4n) is 2.46. The Morgan fingerprint density at radius 3 is 1.32 bits per heavy atom. The molecule has 0 spiro atoms. The van der Waals surface area contributed by atoms with Gasteiger partial charge >= 0.3 is 50.0 Å². The van der Waals surface area contributed by atoms with Crippen LogP contribution in [0.2, 0.25) is 15.8 Å². The molecule has 0 saturated heterocycles. The maximum atomic E-state index is 2.38. The summed E-state index contributed by atoms with van der Waals surface area (Å²) in [5.41, 5.74) is 0. The SMILES string of the molecule is CC(C)[CH2][Al]([CH2]C(C)C)[CH2]C(C)C.CC=CC=[CH][Ti]. The number of hydrogen-bond acceptors (Lipinski definition) is 0. The van der Waals surface area contributed by atoms with Crippen molar-refractivity contribution in [2.75, 3.05) is 0 Å². The van der Waals surface area contributed by atoms with E-state index in [1.165, 1.54) is 0 Å². The molecule has 0 bridgehead atoms. The zero-order chi connectivity index (χ0) is 15.3. The van der Waals surface area contributed by atoms with Crippen LogP contribution in [-0.2, 0) is 20.4 Å². The van der Waals surface area contributed by atoms with Gasteiger partial charge in [-0.25, -0.2) is 0 Å². The van der Waals surface area contributed by atoms with Crippen molar-refractivity contribution in [1.29, 1.82) is 0 Å². The number of allylic oxidation sites excluding steroid dienone is 3. The molecule has 2 heteroatoms. The Kier molecular flexibility index (Phi) is 17.5. The van der Waals surface area contributed by atoms with E-state index in [2.05, 4.69) is 41.5 Å². The van der Waals surface area contributed by atoms with E-state index in [9.17, 15) is 0 Å². The molecule has 0 atom stereocenters. The summed E-state index contributed by atoms with van der Waals surface area (Å²) in [5, 5.41) is 4.66. The Balaban J connectivity index is 0. The van der Waals surface area contributed by atoms with E-state index >= 15 is 0 Å². The van der Waals surface area contributed by atoms with Crippen molar-refractivity contribution in [2.45, 2.75) is 64.3 Å². The van der Waals surface area contributed by atoms with Crippen LogP contribution in [0.25, 0.3) is 0 Å². The van der Waals surface area contributed by atoms with Gasteiger partial charge in [0, 0.05) is 0 Å². The van der Waals surface area contributed by atoms with E-state index in [1.54, 1.807) is 15.8 Å². The summed E-state index contributed by atoms with van der Waals surface area (Å²) in [6, 6.07) is 0. The second-order valence-electron chi connectivity index (χ2n) is 6.64. The van der Waals surface area contributed by atoms with E-state index < -0.39 is 14.1 Å². The first-order valence-electron chi connectivity index (χ1n) is 7.78. The van der Waals surface area contributed by atoms with Crippen molar-refractivity contribution in [1.82, 2.24) is 0 Å². The van der Waals surface area contributed by atoms with Gasteiger partial charge in [-0.15, -0.1) is 0 Å². The molecule has 0 rings (SSSR count). The predicted molar refractivity (Wildman–Crippen MR) is 88.6 cm³/mol. The molecule has 0 aromatic heterocycles. The monoisotopic (exact) mass is 313 g/mol. The fraction of sp³-hybridized carbons (Fsp3) is 0.765. The van der Waals surface area contributed by atoms with E-state index in [0.717, 1.165) is 17.8 Å². The Bertz CT molecular complexity index is 196. The van der Waals surface area contributed by atoms with E-state index in [-0.39, 0.29) is 0 Å². The van der Waals surface area contributed by atoms with Gasteiger partial charge < -0.3 is 0 Å². The molecular weight excluding hydrogens is 279 g/mol. The van der Waals surface area contributed by atoms with Gasteiger partial charge in [-0.05, 0) is 0 Å². The molecule has 0 aromatic carbocycles. The summed E-state index contributed by atoms with van der Waals surface area (Å²) < 4.78 is 2.00. The summed E-state index contributed by atoms with van der Waals surface area (Å²) in [6.07, 6.45) is 6.00. The van der Waals surface area contributed by atoms with Crippen molar-refractivity contribution in [2.24, 2.45) is 17.8 Å².